The quantitative estimate of drug-likeness (QED) is 0.329. The molecule has 1 rings (SSSR count). The Morgan fingerprint density at radius 2 is 1.78 bits per heavy atom. The number of nitrogens with one attached hydrogen (secondary N) is 2. The summed E-state index contributed by atoms with van der Waals surface area (Å²) in [5.74, 6) is 1.72. The summed E-state index contributed by atoms with van der Waals surface area (Å²) in [6, 6.07) is 11.7. The predicted octanol–water partition coefficient (Wildman–Crippen LogP) is 3.73. The average Bonchev–Trinajstić information content (AvgIpc) is 2.63. The van der Waals surface area contributed by atoms with Crippen molar-refractivity contribution < 1.29 is 4.74 Å². The minimum absolute atomic E-state index is 0.517. The topological polar surface area (TPSA) is 36.5 Å². The van der Waals surface area contributed by atoms with E-state index in [1.807, 2.05) is 11.8 Å². The highest BCUT2D eigenvalue weighted by atomic mass is 32.2. The minimum Gasteiger partial charge on any atom is -0.380 e. The van der Waals surface area contributed by atoms with Gasteiger partial charge in [0.25, 0.3) is 0 Å². The summed E-state index contributed by atoms with van der Waals surface area (Å²) in [6.45, 7) is 14.7. The number of hydrogen-bond donors (Lipinski definition) is 2. The molecule has 27 heavy (non-hydrogen) atoms. The molecule has 0 radical (unpaired) electrons. The molecule has 0 amide bonds. The number of nitrogens with zero attached hydrogens (tertiary/aromatic N) is 1. The Kier molecular flexibility index (Phi) is 13.9. The van der Waals surface area contributed by atoms with Gasteiger partial charge in [0.15, 0.2) is 0 Å². The van der Waals surface area contributed by atoms with E-state index in [4.69, 9.17) is 4.74 Å². The minimum atomic E-state index is 0.517. The average molecular weight is 396 g/mol. The lowest BCUT2D eigenvalue weighted by molar-refractivity contribution is 0.0917. The third-order valence-corrected chi connectivity index (χ3v) is 5.35. The molecule has 4 nitrogen and oxygen atoms in total. The van der Waals surface area contributed by atoms with E-state index in [1.165, 1.54) is 4.90 Å². The maximum absolute atomic E-state index is 5.65. The van der Waals surface area contributed by atoms with E-state index in [0.29, 0.717) is 18.0 Å². The number of rotatable bonds is 16. The first kappa shape index (κ1) is 24.4. The number of likely N-dealkylation sites (N-methyl/N-ethyl adjacent to an activating group) is 1. The van der Waals surface area contributed by atoms with Crippen LogP contribution in [0, 0.1) is 5.92 Å². The Morgan fingerprint density at radius 3 is 2.44 bits per heavy atom. The summed E-state index contributed by atoms with van der Waals surface area (Å²) in [6.07, 6.45) is 1.15. The molecule has 0 aliphatic rings. The zero-order chi connectivity index (χ0) is 19.9. The molecule has 0 unspecified atom stereocenters. The summed E-state index contributed by atoms with van der Waals surface area (Å²) < 4.78 is 5.65. The van der Waals surface area contributed by atoms with E-state index in [9.17, 15) is 0 Å². The predicted molar refractivity (Wildman–Crippen MR) is 120 cm³/mol. The van der Waals surface area contributed by atoms with Crippen LogP contribution in [-0.4, -0.2) is 69.2 Å². The second-order valence-electron chi connectivity index (χ2n) is 7.95. The van der Waals surface area contributed by atoms with E-state index in [2.05, 4.69) is 80.6 Å². The van der Waals surface area contributed by atoms with Crippen LogP contribution in [0.3, 0.4) is 0 Å². The van der Waals surface area contributed by atoms with E-state index in [1.54, 1.807) is 0 Å². The van der Waals surface area contributed by atoms with Crippen molar-refractivity contribution >= 4 is 11.8 Å². The SMILES string of the molecule is CC(C)COCCN(C)CCNCC[C@H](CSc1ccccc1)NC(C)C. The van der Waals surface area contributed by atoms with E-state index >= 15 is 0 Å². The molecule has 0 aliphatic carbocycles. The lowest BCUT2D eigenvalue weighted by atomic mass is 10.2. The molecule has 0 spiro atoms. The Bertz CT molecular complexity index is 456. The van der Waals surface area contributed by atoms with Crippen molar-refractivity contribution in [3.8, 4) is 0 Å². The first-order valence-electron chi connectivity index (χ1n) is 10.4. The van der Waals surface area contributed by atoms with Gasteiger partial charge in [-0.3, -0.25) is 0 Å². The van der Waals surface area contributed by atoms with Crippen molar-refractivity contribution in [1.82, 2.24) is 15.5 Å². The second-order valence-corrected chi connectivity index (χ2v) is 9.05. The molecule has 0 saturated carbocycles. The number of thioether (sulfide) groups is 1. The van der Waals surface area contributed by atoms with Crippen LogP contribution in [0.4, 0.5) is 0 Å². The largest absolute Gasteiger partial charge is 0.380 e. The molecule has 0 fully saturated rings. The maximum atomic E-state index is 5.65. The second kappa shape index (κ2) is 15.3. The van der Waals surface area contributed by atoms with Crippen LogP contribution in [0.25, 0.3) is 0 Å². The van der Waals surface area contributed by atoms with Crippen molar-refractivity contribution in [3.05, 3.63) is 30.3 Å². The normalized spacial score (nSPS) is 13.0. The Balaban J connectivity index is 2.14. The Morgan fingerprint density at radius 1 is 1.04 bits per heavy atom. The van der Waals surface area contributed by atoms with Crippen molar-refractivity contribution in [1.29, 1.82) is 0 Å². The van der Waals surface area contributed by atoms with E-state index in [0.717, 1.165) is 51.6 Å². The van der Waals surface area contributed by atoms with Gasteiger partial charge in [0.05, 0.1) is 6.61 Å². The van der Waals surface area contributed by atoms with Crippen LogP contribution in [0.2, 0.25) is 0 Å². The highest BCUT2D eigenvalue weighted by Gasteiger charge is 2.10. The monoisotopic (exact) mass is 395 g/mol. The zero-order valence-corrected chi connectivity index (χ0v) is 18.9. The van der Waals surface area contributed by atoms with Crippen LogP contribution in [0.15, 0.2) is 35.2 Å². The molecule has 0 heterocycles. The highest BCUT2D eigenvalue weighted by Crippen LogP contribution is 2.18. The van der Waals surface area contributed by atoms with Gasteiger partial charge in [0.1, 0.15) is 0 Å². The standard InChI is InChI=1S/C22H41N3OS/c1-19(2)17-26-16-15-25(5)14-13-23-12-11-21(24-20(3)4)18-27-22-9-7-6-8-10-22/h6-10,19-21,23-24H,11-18H2,1-5H3/t21-/m1/s1. The summed E-state index contributed by atoms with van der Waals surface area (Å²) in [7, 11) is 2.17. The van der Waals surface area contributed by atoms with Gasteiger partial charge >= 0.3 is 0 Å². The van der Waals surface area contributed by atoms with Gasteiger partial charge in [-0.1, -0.05) is 45.9 Å². The zero-order valence-electron chi connectivity index (χ0n) is 18.0. The van der Waals surface area contributed by atoms with Crippen LogP contribution in [0.5, 0.6) is 0 Å². The molecule has 0 saturated heterocycles. The summed E-state index contributed by atoms with van der Waals surface area (Å²) in [5, 5.41) is 7.30. The van der Waals surface area contributed by atoms with Gasteiger partial charge in [0, 0.05) is 49.0 Å². The molecular weight excluding hydrogens is 354 g/mol. The van der Waals surface area contributed by atoms with Gasteiger partial charge in [-0.05, 0) is 38.1 Å². The molecule has 0 bridgehead atoms. The van der Waals surface area contributed by atoms with Gasteiger partial charge in [0.2, 0.25) is 0 Å². The van der Waals surface area contributed by atoms with Gasteiger partial charge in [-0.15, -0.1) is 11.8 Å². The lowest BCUT2D eigenvalue weighted by Gasteiger charge is -2.22. The fraction of sp³-hybridized carbons (Fsp3) is 0.727. The van der Waals surface area contributed by atoms with Gasteiger partial charge in [-0.25, -0.2) is 0 Å². The van der Waals surface area contributed by atoms with E-state index in [-0.39, 0.29) is 0 Å². The first-order valence-corrected chi connectivity index (χ1v) is 11.4. The molecule has 1 aromatic rings. The third kappa shape index (κ3) is 14.1. The molecule has 5 heteroatoms. The summed E-state index contributed by atoms with van der Waals surface area (Å²) >= 11 is 1.94. The van der Waals surface area contributed by atoms with Crippen molar-refractivity contribution in [2.24, 2.45) is 5.92 Å². The Hall–Kier alpha value is -0.590. The molecule has 2 N–H and O–H groups in total. The first-order chi connectivity index (χ1) is 13.0. The van der Waals surface area contributed by atoms with Crippen LogP contribution < -0.4 is 10.6 Å². The Labute approximate surface area is 171 Å². The number of hydrogen-bond acceptors (Lipinski definition) is 5. The fourth-order valence-electron chi connectivity index (χ4n) is 2.72. The maximum Gasteiger partial charge on any atom is 0.0593 e. The summed E-state index contributed by atoms with van der Waals surface area (Å²) in [5.41, 5.74) is 0. The molecule has 0 aliphatic heterocycles. The van der Waals surface area contributed by atoms with Gasteiger partial charge < -0.3 is 20.3 Å². The summed E-state index contributed by atoms with van der Waals surface area (Å²) in [4.78, 5) is 3.69. The van der Waals surface area contributed by atoms with E-state index < -0.39 is 0 Å². The molecule has 1 aromatic carbocycles. The number of benzene rings is 1. The smallest absolute Gasteiger partial charge is 0.0593 e. The van der Waals surface area contributed by atoms with Gasteiger partial charge in [-0.2, -0.15) is 0 Å². The fourth-order valence-corrected chi connectivity index (χ4v) is 3.73. The van der Waals surface area contributed by atoms with Crippen molar-refractivity contribution in [2.45, 2.75) is 51.1 Å². The molecule has 1 atom stereocenters. The van der Waals surface area contributed by atoms with Crippen LogP contribution in [-0.2, 0) is 4.74 Å². The third-order valence-electron chi connectivity index (χ3n) is 4.17. The molecule has 0 aromatic heterocycles. The van der Waals surface area contributed by atoms with Crippen molar-refractivity contribution in [2.75, 3.05) is 52.2 Å². The molecule has 156 valence electrons. The number of ether oxygens (including phenoxy) is 1. The van der Waals surface area contributed by atoms with Crippen LogP contribution >= 0.6 is 11.8 Å². The molecular formula is C22H41N3OS. The van der Waals surface area contributed by atoms with Crippen molar-refractivity contribution in [3.63, 3.8) is 0 Å². The van der Waals surface area contributed by atoms with Crippen LogP contribution in [0.1, 0.15) is 34.1 Å². The lowest BCUT2D eigenvalue weighted by Crippen LogP contribution is -2.39. The highest BCUT2D eigenvalue weighted by molar-refractivity contribution is 7.99.